The van der Waals surface area contributed by atoms with Crippen LogP contribution < -0.4 is 0 Å². The van der Waals surface area contributed by atoms with E-state index in [1.807, 2.05) is 66.7 Å². The van der Waals surface area contributed by atoms with Crippen LogP contribution in [0.25, 0.3) is 17.2 Å². The van der Waals surface area contributed by atoms with Gasteiger partial charge in [0.1, 0.15) is 5.60 Å². The molecule has 0 bridgehead atoms. The molecule has 5 aromatic rings. The van der Waals surface area contributed by atoms with Gasteiger partial charge < -0.3 is 5.11 Å². The molecule has 40 heavy (non-hydrogen) atoms. The molecule has 0 radical (unpaired) electrons. The van der Waals surface area contributed by atoms with E-state index in [1.165, 1.54) is 5.57 Å². The molecule has 0 aliphatic rings. The van der Waals surface area contributed by atoms with Gasteiger partial charge in [0.25, 0.3) is 0 Å². The smallest absolute Gasteiger partial charge is 0.115 e. The molecule has 0 aromatic heterocycles. The van der Waals surface area contributed by atoms with Crippen LogP contribution in [0, 0.1) is 0 Å². The topological polar surface area (TPSA) is 20.2 Å². The number of benzene rings is 5. The Morgan fingerprint density at radius 1 is 0.575 bits per heavy atom. The van der Waals surface area contributed by atoms with Gasteiger partial charge in [-0.25, -0.2) is 0 Å². The quantitative estimate of drug-likeness (QED) is 0.124. The van der Waals surface area contributed by atoms with Gasteiger partial charge in [0.05, 0.1) is 0 Å². The largest absolute Gasteiger partial charge is 0.380 e. The molecular formula is C37H30Br2O. The highest BCUT2D eigenvalue weighted by molar-refractivity contribution is 9.10. The Labute approximate surface area is 253 Å². The Kier molecular flexibility index (Phi) is 9.28. The van der Waals surface area contributed by atoms with Crippen LogP contribution in [0.4, 0.5) is 0 Å². The van der Waals surface area contributed by atoms with Crippen LogP contribution in [0.2, 0.25) is 0 Å². The lowest BCUT2D eigenvalue weighted by molar-refractivity contribution is 0.0727. The van der Waals surface area contributed by atoms with Crippen molar-refractivity contribution in [3.63, 3.8) is 0 Å². The average molecular weight is 650 g/mol. The first-order valence-electron chi connectivity index (χ1n) is 13.3. The molecule has 0 amide bonds. The number of aliphatic hydroxyl groups is 1. The van der Waals surface area contributed by atoms with Gasteiger partial charge in [0.2, 0.25) is 0 Å². The minimum absolute atomic E-state index is 0.510. The maximum absolute atomic E-state index is 12.4. The second kappa shape index (κ2) is 13.2. The molecule has 0 atom stereocenters. The molecule has 0 spiro atoms. The first kappa shape index (κ1) is 28.0. The number of allylic oxidation sites excluding steroid dienone is 3. The fraction of sp³-hybridized carbons (Fsp3) is 0.0811. The van der Waals surface area contributed by atoms with E-state index in [0.29, 0.717) is 12.8 Å². The molecule has 0 aliphatic carbocycles. The van der Waals surface area contributed by atoms with Crippen LogP contribution in [-0.2, 0) is 5.60 Å². The number of halogens is 2. The van der Waals surface area contributed by atoms with Gasteiger partial charge in [-0.05, 0) is 76.1 Å². The molecule has 5 rings (SSSR count). The summed E-state index contributed by atoms with van der Waals surface area (Å²) in [6.45, 7) is 0. The number of hydrogen-bond acceptors (Lipinski definition) is 1. The zero-order chi connectivity index (χ0) is 27.8. The minimum atomic E-state index is -1.17. The summed E-state index contributed by atoms with van der Waals surface area (Å²) in [7, 11) is 0. The maximum Gasteiger partial charge on any atom is 0.115 e. The van der Waals surface area contributed by atoms with E-state index in [2.05, 4.69) is 117 Å². The van der Waals surface area contributed by atoms with Crippen molar-refractivity contribution < 1.29 is 5.11 Å². The van der Waals surface area contributed by atoms with E-state index in [1.54, 1.807) is 0 Å². The molecule has 5 aromatic carbocycles. The minimum Gasteiger partial charge on any atom is -0.380 e. The summed E-state index contributed by atoms with van der Waals surface area (Å²) in [4.78, 5) is 0. The van der Waals surface area contributed by atoms with Crippen LogP contribution in [-0.4, -0.2) is 5.11 Å². The third-order valence-electron chi connectivity index (χ3n) is 7.15. The van der Waals surface area contributed by atoms with Gasteiger partial charge in [0, 0.05) is 8.95 Å². The lowest BCUT2D eigenvalue weighted by Gasteiger charge is -2.31. The van der Waals surface area contributed by atoms with Crippen molar-refractivity contribution in [1.29, 1.82) is 0 Å². The van der Waals surface area contributed by atoms with E-state index in [0.717, 1.165) is 42.3 Å². The van der Waals surface area contributed by atoms with E-state index in [4.69, 9.17) is 0 Å². The molecule has 0 saturated heterocycles. The summed E-state index contributed by atoms with van der Waals surface area (Å²) in [5.41, 5.74) is 6.32. The van der Waals surface area contributed by atoms with Crippen LogP contribution in [0.1, 0.15) is 40.7 Å². The van der Waals surface area contributed by atoms with E-state index < -0.39 is 5.60 Å². The molecular weight excluding hydrogens is 620 g/mol. The van der Waals surface area contributed by atoms with Crippen molar-refractivity contribution in [2.45, 2.75) is 18.4 Å². The highest BCUT2D eigenvalue weighted by Gasteiger charge is 2.32. The van der Waals surface area contributed by atoms with Crippen LogP contribution in [0.15, 0.2) is 155 Å². The lowest BCUT2D eigenvalue weighted by atomic mass is 9.80. The molecule has 1 N–H and O–H groups in total. The molecule has 3 heteroatoms. The van der Waals surface area contributed by atoms with Gasteiger partial charge in [-0.1, -0.05) is 159 Å². The SMILES string of the molecule is OC(CC/C(=C(\C=C\c1ccccc1)c1ccccc1)c1ccccc1)(c1ccc(Br)cc1)c1ccc(Br)cc1. The monoisotopic (exact) mass is 648 g/mol. The van der Waals surface area contributed by atoms with Crippen molar-refractivity contribution >= 4 is 49.1 Å². The fourth-order valence-corrected chi connectivity index (χ4v) is 5.55. The molecule has 0 fully saturated rings. The summed E-state index contributed by atoms with van der Waals surface area (Å²) in [6, 6.07) is 47.4. The van der Waals surface area contributed by atoms with Gasteiger partial charge >= 0.3 is 0 Å². The Morgan fingerprint density at radius 3 is 1.52 bits per heavy atom. The molecule has 0 saturated carbocycles. The highest BCUT2D eigenvalue weighted by atomic mass is 79.9. The summed E-state index contributed by atoms with van der Waals surface area (Å²) < 4.78 is 1.97. The summed E-state index contributed by atoms with van der Waals surface area (Å²) >= 11 is 7.10. The highest BCUT2D eigenvalue weighted by Crippen LogP contribution is 2.40. The van der Waals surface area contributed by atoms with Crippen LogP contribution in [0.5, 0.6) is 0 Å². The average Bonchev–Trinajstić information content (AvgIpc) is 3.00. The maximum atomic E-state index is 12.4. The van der Waals surface area contributed by atoms with Gasteiger partial charge in [0.15, 0.2) is 0 Å². The Balaban J connectivity index is 1.64. The summed E-state index contributed by atoms with van der Waals surface area (Å²) in [5, 5.41) is 12.4. The van der Waals surface area contributed by atoms with Gasteiger partial charge in [-0.3, -0.25) is 0 Å². The third kappa shape index (κ3) is 6.79. The van der Waals surface area contributed by atoms with Crippen molar-refractivity contribution in [3.8, 4) is 0 Å². The zero-order valence-electron chi connectivity index (χ0n) is 22.1. The standard InChI is InChI=1S/C37H30Br2O/c38-33-21-17-31(18-22-33)37(40,32-19-23-34(39)24-20-32)27-26-36(30-14-8-3-9-15-30)35(29-12-6-2-7-13-29)25-16-28-10-4-1-5-11-28/h1-25,40H,26-27H2/b25-16+,36-35-. The zero-order valence-corrected chi connectivity index (χ0v) is 25.2. The second-order valence-electron chi connectivity index (χ2n) is 9.74. The normalized spacial score (nSPS) is 12.4. The molecule has 198 valence electrons. The second-order valence-corrected chi connectivity index (χ2v) is 11.6. The van der Waals surface area contributed by atoms with Crippen molar-refractivity contribution in [2.24, 2.45) is 0 Å². The predicted molar refractivity (Wildman–Crippen MR) is 176 cm³/mol. The Bertz CT molecular complexity index is 1530. The predicted octanol–water partition coefficient (Wildman–Crippen LogP) is 10.6. The Morgan fingerprint density at radius 2 is 1.02 bits per heavy atom. The van der Waals surface area contributed by atoms with Crippen molar-refractivity contribution in [1.82, 2.24) is 0 Å². The Hall–Kier alpha value is -3.50. The molecule has 0 heterocycles. The molecule has 0 aliphatic heterocycles. The lowest BCUT2D eigenvalue weighted by Crippen LogP contribution is -2.27. The van der Waals surface area contributed by atoms with E-state index in [9.17, 15) is 5.11 Å². The summed E-state index contributed by atoms with van der Waals surface area (Å²) in [5.74, 6) is 0. The van der Waals surface area contributed by atoms with Crippen LogP contribution >= 0.6 is 31.9 Å². The fourth-order valence-electron chi connectivity index (χ4n) is 5.02. The third-order valence-corrected chi connectivity index (χ3v) is 8.21. The van der Waals surface area contributed by atoms with Gasteiger partial charge in [-0.2, -0.15) is 0 Å². The van der Waals surface area contributed by atoms with Crippen LogP contribution in [0.3, 0.4) is 0 Å². The summed E-state index contributed by atoms with van der Waals surface area (Å²) in [6.07, 6.45) is 5.55. The van der Waals surface area contributed by atoms with Crippen molar-refractivity contribution in [3.05, 3.63) is 182 Å². The molecule has 0 unspecified atom stereocenters. The number of rotatable bonds is 9. The van der Waals surface area contributed by atoms with Crippen molar-refractivity contribution in [2.75, 3.05) is 0 Å². The first-order chi connectivity index (χ1) is 19.5. The molecule has 1 nitrogen and oxygen atoms in total. The van der Waals surface area contributed by atoms with Gasteiger partial charge in [-0.15, -0.1) is 0 Å². The van der Waals surface area contributed by atoms with E-state index in [-0.39, 0.29) is 0 Å². The van der Waals surface area contributed by atoms with E-state index >= 15 is 0 Å². The number of hydrogen-bond donors (Lipinski definition) is 1. The first-order valence-corrected chi connectivity index (χ1v) is 14.9.